The SMILES string of the molecule is CC(C)(C)C1CC(C(C)(C)C)O[I-]O1. The minimum absolute atomic E-state index is 0.243. The fourth-order valence-electron chi connectivity index (χ4n) is 1.35. The average Bonchev–Trinajstić information content (AvgIpc) is 2.01. The first-order valence-electron chi connectivity index (χ1n) is 5.17. The standard InChI is InChI=1S/C11H22IO2/c1-10(2,3)8-7-9(11(4,5)6)14-12-13-8/h8-9H,7H2,1-6H3/q-1. The van der Waals surface area contributed by atoms with Gasteiger partial charge in [-0.15, -0.1) is 0 Å². The Bertz CT molecular complexity index is 170. The summed E-state index contributed by atoms with van der Waals surface area (Å²) in [5, 5.41) is 0. The molecule has 1 rings (SSSR count). The normalized spacial score (nSPS) is 31.0. The third-order valence-corrected chi connectivity index (χ3v) is 4.29. The summed E-state index contributed by atoms with van der Waals surface area (Å²) in [4.78, 5) is 0. The Morgan fingerprint density at radius 3 is 1.50 bits per heavy atom. The first kappa shape index (κ1) is 12.7. The van der Waals surface area contributed by atoms with Gasteiger partial charge in [-0.25, -0.2) is 0 Å². The van der Waals surface area contributed by atoms with Gasteiger partial charge in [-0.05, 0) is 0 Å². The predicted octanol–water partition coefficient (Wildman–Crippen LogP) is 0.172. The Balaban J connectivity index is 2.61. The molecule has 1 aliphatic rings. The van der Waals surface area contributed by atoms with E-state index in [9.17, 15) is 0 Å². The van der Waals surface area contributed by atoms with Crippen LogP contribution in [0.1, 0.15) is 48.0 Å². The van der Waals surface area contributed by atoms with Crippen LogP contribution in [0.4, 0.5) is 0 Å². The third-order valence-electron chi connectivity index (χ3n) is 2.65. The van der Waals surface area contributed by atoms with E-state index in [1.165, 1.54) is 0 Å². The topological polar surface area (TPSA) is 18.5 Å². The molecule has 0 bridgehead atoms. The average molecular weight is 313 g/mol. The van der Waals surface area contributed by atoms with Gasteiger partial charge in [0.1, 0.15) is 0 Å². The van der Waals surface area contributed by atoms with E-state index in [0.29, 0.717) is 12.2 Å². The quantitative estimate of drug-likeness (QED) is 0.594. The van der Waals surface area contributed by atoms with Gasteiger partial charge in [0.2, 0.25) is 0 Å². The van der Waals surface area contributed by atoms with E-state index in [1.54, 1.807) is 0 Å². The zero-order valence-electron chi connectivity index (χ0n) is 10.1. The van der Waals surface area contributed by atoms with Gasteiger partial charge in [0.15, 0.2) is 0 Å². The van der Waals surface area contributed by atoms with Gasteiger partial charge in [-0.3, -0.25) is 0 Å². The molecule has 0 radical (unpaired) electrons. The van der Waals surface area contributed by atoms with Gasteiger partial charge in [0.25, 0.3) is 0 Å². The molecular weight excluding hydrogens is 291 g/mol. The Labute approximate surface area is 99.1 Å². The fraction of sp³-hybridized carbons (Fsp3) is 1.00. The van der Waals surface area contributed by atoms with Crippen LogP contribution < -0.4 is 22.0 Å². The summed E-state index contributed by atoms with van der Waals surface area (Å²) < 4.78 is 11.5. The predicted molar refractivity (Wildman–Crippen MR) is 53.3 cm³/mol. The van der Waals surface area contributed by atoms with Gasteiger partial charge < -0.3 is 0 Å². The van der Waals surface area contributed by atoms with E-state index in [4.69, 9.17) is 6.13 Å². The molecule has 1 heterocycles. The monoisotopic (exact) mass is 313 g/mol. The maximum atomic E-state index is 5.76. The maximum absolute atomic E-state index is 5.76. The van der Waals surface area contributed by atoms with E-state index in [0.717, 1.165) is 6.42 Å². The van der Waals surface area contributed by atoms with Crippen LogP contribution >= 0.6 is 0 Å². The molecule has 1 aliphatic heterocycles. The van der Waals surface area contributed by atoms with Crippen molar-refractivity contribution >= 4 is 0 Å². The molecule has 0 aromatic heterocycles. The van der Waals surface area contributed by atoms with Gasteiger partial charge >= 0.3 is 99.2 Å². The molecular formula is C11H22IO2-. The minimum atomic E-state index is -0.498. The molecule has 0 aromatic carbocycles. The van der Waals surface area contributed by atoms with Gasteiger partial charge in [-0.1, -0.05) is 0 Å². The van der Waals surface area contributed by atoms with E-state index in [1.807, 2.05) is 0 Å². The van der Waals surface area contributed by atoms with Crippen molar-refractivity contribution in [2.75, 3.05) is 0 Å². The van der Waals surface area contributed by atoms with Crippen LogP contribution in [0.5, 0.6) is 0 Å². The van der Waals surface area contributed by atoms with E-state index >= 15 is 0 Å². The van der Waals surface area contributed by atoms with Crippen LogP contribution in [0.25, 0.3) is 0 Å². The zero-order valence-corrected chi connectivity index (χ0v) is 12.2. The molecule has 2 unspecified atom stereocenters. The van der Waals surface area contributed by atoms with E-state index < -0.39 is 22.0 Å². The summed E-state index contributed by atoms with van der Waals surface area (Å²) in [5.74, 6) is 0. The second kappa shape index (κ2) is 4.26. The molecule has 2 nitrogen and oxygen atoms in total. The summed E-state index contributed by atoms with van der Waals surface area (Å²) in [6.45, 7) is 13.5. The zero-order chi connectivity index (χ0) is 11.0. The molecule has 2 atom stereocenters. The van der Waals surface area contributed by atoms with E-state index in [2.05, 4.69) is 41.5 Å². The number of rotatable bonds is 0. The van der Waals surface area contributed by atoms with Crippen molar-refractivity contribution in [1.82, 2.24) is 0 Å². The van der Waals surface area contributed by atoms with Gasteiger partial charge in [-0.2, -0.15) is 0 Å². The second-order valence-electron chi connectivity index (χ2n) is 6.19. The van der Waals surface area contributed by atoms with Crippen LogP contribution in [0, 0.1) is 10.8 Å². The molecule has 86 valence electrons. The number of halogens is 1. The Morgan fingerprint density at radius 1 is 0.857 bits per heavy atom. The van der Waals surface area contributed by atoms with Gasteiger partial charge in [0, 0.05) is 0 Å². The van der Waals surface area contributed by atoms with Crippen molar-refractivity contribution in [2.24, 2.45) is 10.8 Å². The molecule has 1 saturated heterocycles. The fourth-order valence-corrected chi connectivity index (χ4v) is 3.91. The summed E-state index contributed by atoms with van der Waals surface area (Å²) in [7, 11) is 0. The van der Waals surface area contributed by atoms with Crippen LogP contribution in [0.2, 0.25) is 0 Å². The summed E-state index contributed by atoms with van der Waals surface area (Å²) in [5.41, 5.74) is 0.486. The molecule has 0 aliphatic carbocycles. The van der Waals surface area contributed by atoms with Crippen molar-refractivity contribution in [3.8, 4) is 0 Å². The van der Waals surface area contributed by atoms with Crippen LogP contribution in [-0.2, 0) is 6.13 Å². The third kappa shape index (κ3) is 3.35. The molecule has 1 fully saturated rings. The number of hydrogen-bond acceptors (Lipinski definition) is 2. The summed E-state index contributed by atoms with van der Waals surface area (Å²) in [6, 6.07) is 0. The van der Waals surface area contributed by atoms with Crippen LogP contribution in [-0.4, -0.2) is 12.2 Å². The Kier molecular flexibility index (Phi) is 3.87. The van der Waals surface area contributed by atoms with Crippen molar-refractivity contribution in [3.63, 3.8) is 0 Å². The molecule has 0 aromatic rings. The first-order chi connectivity index (χ1) is 6.21. The number of hydrogen-bond donors (Lipinski definition) is 0. The van der Waals surface area contributed by atoms with Crippen molar-refractivity contribution in [1.29, 1.82) is 0 Å². The van der Waals surface area contributed by atoms with Crippen LogP contribution in [0.3, 0.4) is 0 Å². The molecule has 0 N–H and O–H groups in total. The summed E-state index contributed by atoms with van der Waals surface area (Å²) in [6.07, 6.45) is 1.77. The molecule has 0 amide bonds. The first-order valence-corrected chi connectivity index (χ1v) is 6.94. The summed E-state index contributed by atoms with van der Waals surface area (Å²) >= 11 is -0.498. The Morgan fingerprint density at radius 2 is 1.21 bits per heavy atom. The molecule has 0 spiro atoms. The van der Waals surface area contributed by atoms with Gasteiger partial charge in [0.05, 0.1) is 0 Å². The molecule has 14 heavy (non-hydrogen) atoms. The van der Waals surface area contributed by atoms with Crippen molar-refractivity contribution < 1.29 is 28.2 Å². The van der Waals surface area contributed by atoms with Crippen molar-refractivity contribution in [3.05, 3.63) is 0 Å². The van der Waals surface area contributed by atoms with Crippen molar-refractivity contribution in [2.45, 2.75) is 60.2 Å². The van der Waals surface area contributed by atoms with E-state index in [-0.39, 0.29) is 10.8 Å². The van der Waals surface area contributed by atoms with Crippen LogP contribution in [0.15, 0.2) is 0 Å². The Hall–Kier alpha value is 0.650. The molecule has 0 saturated carbocycles. The second-order valence-corrected chi connectivity index (χ2v) is 7.56. The molecule has 3 heteroatoms.